The SMILES string of the molecule is CCNC(=NCC(=O)NCCOC)Nc1ccc(OC)c(OC)c1.I. The Morgan fingerprint density at radius 3 is 2.44 bits per heavy atom. The summed E-state index contributed by atoms with van der Waals surface area (Å²) in [6.07, 6.45) is 0. The van der Waals surface area contributed by atoms with E-state index >= 15 is 0 Å². The average molecular weight is 466 g/mol. The van der Waals surface area contributed by atoms with Crippen LogP contribution in [0.2, 0.25) is 0 Å². The molecule has 0 bridgehead atoms. The van der Waals surface area contributed by atoms with E-state index in [1.165, 1.54) is 0 Å². The van der Waals surface area contributed by atoms with Gasteiger partial charge in [-0.25, -0.2) is 4.99 Å². The van der Waals surface area contributed by atoms with Crippen LogP contribution in [0.5, 0.6) is 11.5 Å². The second-order valence-electron chi connectivity index (χ2n) is 4.73. The highest BCUT2D eigenvalue weighted by molar-refractivity contribution is 14.0. The number of methoxy groups -OCH3 is 3. The third kappa shape index (κ3) is 8.77. The minimum absolute atomic E-state index is 0. The molecule has 8 nitrogen and oxygen atoms in total. The number of rotatable bonds is 9. The van der Waals surface area contributed by atoms with Crippen molar-refractivity contribution in [2.75, 3.05) is 52.9 Å². The number of hydrogen-bond donors (Lipinski definition) is 3. The Bertz CT molecular complexity index is 555. The molecule has 0 spiro atoms. The molecule has 25 heavy (non-hydrogen) atoms. The number of halogens is 1. The molecule has 0 radical (unpaired) electrons. The number of nitrogens with zero attached hydrogens (tertiary/aromatic N) is 1. The third-order valence-electron chi connectivity index (χ3n) is 3.00. The number of nitrogens with one attached hydrogen (secondary N) is 3. The molecule has 142 valence electrons. The highest BCUT2D eigenvalue weighted by Gasteiger charge is 2.07. The van der Waals surface area contributed by atoms with Crippen molar-refractivity contribution in [3.05, 3.63) is 18.2 Å². The van der Waals surface area contributed by atoms with Crippen molar-refractivity contribution in [1.29, 1.82) is 0 Å². The Morgan fingerprint density at radius 2 is 1.84 bits per heavy atom. The van der Waals surface area contributed by atoms with Gasteiger partial charge in [-0.2, -0.15) is 0 Å². The number of amides is 1. The topological polar surface area (TPSA) is 93.2 Å². The molecule has 1 aromatic rings. The van der Waals surface area contributed by atoms with Gasteiger partial charge < -0.3 is 30.2 Å². The maximum atomic E-state index is 11.7. The van der Waals surface area contributed by atoms with Crippen molar-refractivity contribution in [3.63, 3.8) is 0 Å². The van der Waals surface area contributed by atoms with Gasteiger partial charge in [0.15, 0.2) is 17.5 Å². The number of guanidine groups is 1. The van der Waals surface area contributed by atoms with Crippen LogP contribution in [0.15, 0.2) is 23.2 Å². The zero-order valence-corrected chi connectivity index (χ0v) is 17.4. The van der Waals surface area contributed by atoms with Crippen LogP contribution in [0.4, 0.5) is 5.69 Å². The normalized spacial score (nSPS) is 10.5. The quantitative estimate of drug-likeness (QED) is 0.221. The molecule has 0 aromatic heterocycles. The van der Waals surface area contributed by atoms with Crippen molar-refractivity contribution in [2.45, 2.75) is 6.92 Å². The van der Waals surface area contributed by atoms with Crippen LogP contribution in [0.1, 0.15) is 6.92 Å². The van der Waals surface area contributed by atoms with E-state index in [9.17, 15) is 4.79 Å². The number of benzene rings is 1. The van der Waals surface area contributed by atoms with Gasteiger partial charge in [0.2, 0.25) is 5.91 Å². The predicted octanol–water partition coefficient (Wildman–Crippen LogP) is 1.46. The smallest absolute Gasteiger partial charge is 0.241 e. The standard InChI is InChI=1S/C16H26N4O4.HI/c1-5-17-16(19-11-15(21)18-8-9-22-2)20-12-6-7-13(23-3)14(10-12)24-4;/h6-7,10H,5,8-9,11H2,1-4H3,(H,18,21)(H2,17,19,20);1H. The molecular formula is C16H27IN4O4. The summed E-state index contributed by atoms with van der Waals surface area (Å²) in [5.41, 5.74) is 0.771. The van der Waals surface area contributed by atoms with Gasteiger partial charge >= 0.3 is 0 Å². The molecule has 0 aliphatic carbocycles. The fourth-order valence-electron chi connectivity index (χ4n) is 1.86. The maximum absolute atomic E-state index is 11.7. The molecule has 0 aliphatic rings. The Morgan fingerprint density at radius 1 is 1.12 bits per heavy atom. The Hall–Kier alpha value is -1.75. The second kappa shape index (κ2) is 13.5. The van der Waals surface area contributed by atoms with Gasteiger partial charge in [0.1, 0.15) is 6.54 Å². The van der Waals surface area contributed by atoms with Crippen LogP contribution < -0.4 is 25.4 Å². The molecule has 0 heterocycles. The minimum Gasteiger partial charge on any atom is -0.493 e. The van der Waals surface area contributed by atoms with Crippen LogP contribution >= 0.6 is 24.0 Å². The summed E-state index contributed by atoms with van der Waals surface area (Å²) < 4.78 is 15.4. The van der Waals surface area contributed by atoms with Crippen molar-refractivity contribution in [3.8, 4) is 11.5 Å². The van der Waals surface area contributed by atoms with E-state index in [1.807, 2.05) is 13.0 Å². The van der Waals surface area contributed by atoms with E-state index in [4.69, 9.17) is 14.2 Å². The summed E-state index contributed by atoms with van der Waals surface area (Å²) in [6, 6.07) is 5.43. The summed E-state index contributed by atoms with van der Waals surface area (Å²) in [7, 11) is 4.74. The lowest BCUT2D eigenvalue weighted by molar-refractivity contribution is -0.119. The van der Waals surface area contributed by atoms with Gasteiger partial charge in [-0.15, -0.1) is 24.0 Å². The molecule has 1 rings (SSSR count). The van der Waals surface area contributed by atoms with E-state index in [1.54, 1.807) is 33.5 Å². The number of ether oxygens (including phenoxy) is 3. The molecule has 0 saturated carbocycles. The molecule has 0 aliphatic heterocycles. The Labute approximate surface area is 165 Å². The third-order valence-corrected chi connectivity index (χ3v) is 3.00. The van der Waals surface area contributed by atoms with Gasteiger partial charge in [-0.1, -0.05) is 0 Å². The fraction of sp³-hybridized carbons (Fsp3) is 0.500. The molecule has 9 heteroatoms. The first-order valence-electron chi connectivity index (χ1n) is 7.67. The monoisotopic (exact) mass is 466 g/mol. The van der Waals surface area contributed by atoms with Crippen LogP contribution in [-0.2, 0) is 9.53 Å². The van der Waals surface area contributed by atoms with Crippen molar-refractivity contribution in [2.24, 2.45) is 4.99 Å². The van der Waals surface area contributed by atoms with Crippen LogP contribution in [0, 0.1) is 0 Å². The summed E-state index contributed by atoms with van der Waals surface area (Å²) >= 11 is 0. The highest BCUT2D eigenvalue weighted by Crippen LogP contribution is 2.29. The van der Waals surface area contributed by atoms with E-state index in [0.29, 0.717) is 37.2 Å². The summed E-state index contributed by atoms with van der Waals surface area (Å²) in [5.74, 6) is 1.58. The maximum Gasteiger partial charge on any atom is 0.241 e. The van der Waals surface area contributed by atoms with Crippen molar-refractivity contribution >= 4 is 41.5 Å². The zero-order chi connectivity index (χ0) is 17.8. The summed E-state index contributed by atoms with van der Waals surface area (Å²) in [4.78, 5) is 16.0. The van der Waals surface area contributed by atoms with Crippen LogP contribution in [0.25, 0.3) is 0 Å². The molecule has 0 atom stereocenters. The van der Waals surface area contributed by atoms with Crippen LogP contribution in [0.3, 0.4) is 0 Å². The number of hydrogen-bond acceptors (Lipinski definition) is 5. The molecule has 1 amide bonds. The predicted molar refractivity (Wildman–Crippen MR) is 109 cm³/mol. The molecule has 0 fully saturated rings. The lowest BCUT2D eigenvalue weighted by atomic mass is 10.3. The fourth-order valence-corrected chi connectivity index (χ4v) is 1.86. The second-order valence-corrected chi connectivity index (χ2v) is 4.73. The zero-order valence-electron chi connectivity index (χ0n) is 15.0. The summed E-state index contributed by atoms with van der Waals surface area (Å²) in [6.45, 7) is 3.57. The van der Waals surface area contributed by atoms with Gasteiger partial charge in [0.05, 0.1) is 20.8 Å². The van der Waals surface area contributed by atoms with E-state index in [2.05, 4.69) is 20.9 Å². The van der Waals surface area contributed by atoms with E-state index in [-0.39, 0.29) is 36.4 Å². The number of carbonyl (C=O) groups excluding carboxylic acids is 1. The average Bonchev–Trinajstić information content (AvgIpc) is 2.60. The van der Waals surface area contributed by atoms with Crippen LogP contribution in [-0.4, -0.2) is 59.4 Å². The minimum atomic E-state index is -0.170. The number of anilines is 1. The van der Waals surface area contributed by atoms with Gasteiger partial charge in [-0.05, 0) is 19.1 Å². The number of aliphatic imine (C=N–C) groups is 1. The largest absolute Gasteiger partial charge is 0.493 e. The van der Waals surface area contributed by atoms with Crippen molar-refractivity contribution < 1.29 is 19.0 Å². The lowest BCUT2D eigenvalue weighted by Crippen LogP contribution is -2.34. The van der Waals surface area contributed by atoms with Gasteiger partial charge in [-0.3, -0.25) is 4.79 Å². The molecule has 0 unspecified atom stereocenters. The first-order chi connectivity index (χ1) is 11.6. The van der Waals surface area contributed by atoms with E-state index in [0.717, 1.165) is 5.69 Å². The molecular weight excluding hydrogens is 439 g/mol. The molecule has 3 N–H and O–H groups in total. The summed E-state index contributed by atoms with van der Waals surface area (Å²) in [5, 5.41) is 8.92. The highest BCUT2D eigenvalue weighted by atomic mass is 127. The molecule has 0 saturated heterocycles. The Kier molecular flexibility index (Phi) is 12.6. The van der Waals surface area contributed by atoms with Gasteiger partial charge in [0, 0.05) is 32.0 Å². The van der Waals surface area contributed by atoms with Crippen molar-refractivity contribution in [1.82, 2.24) is 10.6 Å². The lowest BCUT2D eigenvalue weighted by Gasteiger charge is -2.13. The Balaban J connectivity index is 0.00000576. The van der Waals surface area contributed by atoms with Gasteiger partial charge in [0.25, 0.3) is 0 Å². The number of carbonyl (C=O) groups is 1. The first-order valence-corrected chi connectivity index (χ1v) is 7.67. The molecule has 1 aromatic carbocycles. The van der Waals surface area contributed by atoms with E-state index < -0.39 is 0 Å². The first kappa shape index (κ1) is 23.2.